The van der Waals surface area contributed by atoms with Crippen molar-refractivity contribution < 1.29 is 19.5 Å². The summed E-state index contributed by atoms with van der Waals surface area (Å²) in [6.45, 7) is 0. The van der Waals surface area contributed by atoms with Gasteiger partial charge in [0.15, 0.2) is 0 Å². The molecular weight excluding hydrogens is 846 g/mol. The summed E-state index contributed by atoms with van der Waals surface area (Å²) < 4.78 is -0.297. The van der Waals surface area contributed by atoms with Crippen LogP contribution in [0.15, 0.2) is 60.7 Å². The van der Waals surface area contributed by atoms with E-state index in [1.54, 1.807) is 16.7 Å². The zero-order chi connectivity index (χ0) is 37.4. The first-order chi connectivity index (χ1) is 27.0. The van der Waals surface area contributed by atoms with Gasteiger partial charge in [0.25, 0.3) is 0 Å². The number of benzene rings is 2. The number of hydrogen-bond donors (Lipinski definition) is 0. The van der Waals surface area contributed by atoms with Gasteiger partial charge in [0.05, 0.1) is 0 Å². The molecule has 0 radical (unpaired) electrons. The Kier molecular flexibility index (Phi) is 13.7. The number of hydrogen-bond acceptors (Lipinski definition) is 0. The quantitative estimate of drug-likeness (QED) is 0.134. The van der Waals surface area contributed by atoms with Crippen LogP contribution in [0, 0.1) is 0 Å². The van der Waals surface area contributed by atoms with Crippen LogP contribution >= 0.6 is 36.1 Å². The third kappa shape index (κ3) is 6.38. The Morgan fingerprint density at radius 3 is 1.34 bits per heavy atom. The smallest absolute Gasteiger partial charge is 0 e. The Hall–Kier alpha value is 0.243. The average molecular weight is 922 g/mol. The van der Waals surface area contributed by atoms with E-state index in [0.29, 0.717) is 11.3 Å². The molecule has 7 aliphatic carbocycles. The summed E-state index contributed by atoms with van der Waals surface area (Å²) in [6, 6.07) is 22.0. The first-order valence-corrected chi connectivity index (χ1v) is 29.8. The van der Waals surface area contributed by atoms with E-state index in [1.807, 2.05) is 0 Å². The van der Waals surface area contributed by atoms with Gasteiger partial charge in [0, 0.05) is 19.5 Å². The molecule has 2 aromatic rings. The van der Waals surface area contributed by atoms with Gasteiger partial charge in [0.1, 0.15) is 0 Å². The fraction of sp³-hybridized carbons (Fsp3) is 0.725. The molecule has 0 N–H and O–H groups in total. The van der Waals surface area contributed by atoms with Gasteiger partial charge in [-0.05, 0) is 0 Å². The number of rotatable bonds is 9. The van der Waals surface area contributed by atoms with Crippen LogP contribution in [-0.4, -0.2) is 32.9 Å². The van der Waals surface area contributed by atoms with E-state index in [0.717, 1.165) is 17.0 Å². The molecular formula is C51H75Cl2P2Ru+. The molecule has 9 rings (SSSR count). The van der Waals surface area contributed by atoms with Gasteiger partial charge in [-0.1, -0.05) is 0 Å². The summed E-state index contributed by atoms with van der Waals surface area (Å²) in [5.74, 6) is -3.61. The Balaban J connectivity index is 0.00000441. The van der Waals surface area contributed by atoms with E-state index in [9.17, 15) is 22.8 Å². The summed E-state index contributed by atoms with van der Waals surface area (Å²) in [5, 5.41) is 0. The molecule has 310 valence electrons. The minimum Gasteiger partial charge on any atom is 0 e. The van der Waals surface area contributed by atoms with E-state index in [4.69, 9.17) is 0 Å². The van der Waals surface area contributed by atoms with Crippen LogP contribution in [0.4, 0.5) is 0 Å². The molecule has 0 heterocycles. The maximum absolute atomic E-state index is 10.4. The van der Waals surface area contributed by atoms with Crippen molar-refractivity contribution in [1.29, 1.82) is 0 Å². The molecule has 0 amide bonds. The Bertz CT molecular complexity index is 1560. The second-order valence-corrected chi connectivity index (χ2v) is 33.5. The second kappa shape index (κ2) is 17.9. The van der Waals surface area contributed by atoms with Crippen LogP contribution in [0.2, 0.25) is 0 Å². The molecule has 0 saturated heterocycles. The minimum absolute atomic E-state index is 0. The van der Waals surface area contributed by atoms with Crippen molar-refractivity contribution in [1.82, 2.24) is 0 Å². The fourth-order valence-corrected chi connectivity index (χ4v) is 43.6. The summed E-state index contributed by atoms with van der Waals surface area (Å²) in [6.07, 6.45) is 44.8. The Labute approximate surface area is 366 Å². The number of fused-ring (bicyclic) bond motifs is 1. The van der Waals surface area contributed by atoms with Crippen LogP contribution in [0.3, 0.4) is 0 Å². The summed E-state index contributed by atoms with van der Waals surface area (Å²) in [5.41, 5.74) is 9.97. The van der Waals surface area contributed by atoms with Crippen molar-refractivity contribution in [2.24, 2.45) is 0 Å². The normalized spacial score (nSPS) is 28.8. The molecule has 6 fully saturated rings. The van der Waals surface area contributed by atoms with Crippen LogP contribution in [0.5, 0.6) is 0 Å². The summed E-state index contributed by atoms with van der Waals surface area (Å²) in [4.78, 5) is -0.114. The van der Waals surface area contributed by atoms with E-state index in [1.165, 1.54) is 198 Å². The van der Waals surface area contributed by atoms with Crippen LogP contribution in [-0.2, 0) is 24.4 Å². The van der Waals surface area contributed by atoms with Gasteiger partial charge < -0.3 is 0 Å². The molecule has 1 atom stereocenters. The predicted octanol–water partition coefficient (Wildman–Crippen LogP) is 17.6. The van der Waals surface area contributed by atoms with Gasteiger partial charge in [-0.2, -0.15) is 0 Å². The van der Waals surface area contributed by atoms with E-state index >= 15 is 0 Å². The van der Waals surface area contributed by atoms with Gasteiger partial charge >= 0.3 is 349 Å². The number of allylic oxidation sites excluding steroid dienone is 1. The minimum atomic E-state index is -3.61. The maximum atomic E-state index is 10.4. The van der Waals surface area contributed by atoms with Crippen molar-refractivity contribution in [3.8, 4) is 0 Å². The maximum Gasteiger partial charge on any atom is 0 e. The van der Waals surface area contributed by atoms with Crippen molar-refractivity contribution in [3.63, 3.8) is 0 Å². The van der Waals surface area contributed by atoms with E-state index in [2.05, 4.69) is 60.7 Å². The Morgan fingerprint density at radius 1 is 0.482 bits per heavy atom. The third-order valence-corrected chi connectivity index (χ3v) is 40.2. The van der Waals surface area contributed by atoms with E-state index in [-0.39, 0.29) is 29.0 Å². The zero-order valence-corrected chi connectivity index (χ0v) is 39.9. The van der Waals surface area contributed by atoms with Crippen molar-refractivity contribution in [3.05, 3.63) is 77.4 Å². The molecule has 5 heteroatoms. The molecule has 2 aromatic carbocycles. The SMILES string of the molecule is ClC1(P(Cl)(C2CCCCC2)(C2CCCCC2)C2([P+](C3CCCCC3)(C3CCCCC3)C3CCCCC3)C=C(c3ccccc3)c3ccccc32)CCCCC1.[Ru]. The van der Waals surface area contributed by atoms with Gasteiger partial charge in [-0.3, -0.25) is 0 Å². The molecule has 56 heavy (non-hydrogen) atoms. The molecule has 0 bridgehead atoms. The molecule has 0 aromatic heterocycles. The van der Waals surface area contributed by atoms with Gasteiger partial charge in [0.2, 0.25) is 0 Å². The first kappa shape index (κ1) is 42.9. The van der Waals surface area contributed by atoms with E-state index < -0.39 is 13.2 Å². The molecule has 0 spiro atoms. The second-order valence-electron chi connectivity index (χ2n) is 20.1. The monoisotopic (exact) mass is 921 g/mol. The summed E-state index contributed by atoms with van der Waals surface area (Å²) >= 11 is 19.7. The van der Waals surface area contributed by atoms with Crippen molar-refractivity contribution >= 4 is 41.6 Å². The zero-order valence-electron chi connectivity index (χ0n) is 34.9. The third-order valence-electron chi connectivity index (χ3n) is 17.9. The van der Waals surface area contributed by atoms with Crippen LogP contribution in [0.1, 0.15) is 209 Å². The molecule has 1 unspecified atom stereocenters. The topological polar surface area (TPSA) is 0 Å². The molecule has 7 aliphatic rings. The van der Waals surface area contributed by atoms with Crippen molar-refractivity contribution in [2.75, 3.05) is 0 Å². The van der Waals surface area contributed by atoms with Crippen LogP contribution in [0.25, 0.3) is 5.57 Å². The number of alkyl halides is 1. The Morgan fingerprint density at radius 2 is 0.875 bits per heavy atom. The summed E-state index contributed by atoms with van der Waals surface area (Å²) in [7, 11) is -1.96. The van der Waals surface area contributed by atoms with Gasteiger partial charge in [-0.15, -0.1) is 0 Å². The molecule has 6 saturated carbocycles. The standard InChI is InChI=1S/C51H75Cl2P2.Ru/c52-50(38-22-7-23-39-50)55(53,45-32-16-5-17-33-45,46-34-18-6-19-35-46)51(40-48(41-24-8-1-9-25-41)47-36-20-21-37-49(47)51)54(42-26-10-2-11-27-42,43-28-12-3-13-29-43)44-30-14-4-15-31-44;/h1,8-9,20-21,24-25,36-37,40,42-46H,2-7,10-19,22-23,26-35,38-39H2;/q+1;. The fourth-order valence-electron chi connectivity index (χ4n) is 16.1. The average Bonchev–Trinajstić information content (AvgIpc) is 3.63. The van der Waals surface area contributed by atoms with Crippen LogP contribution < -0.4 is 0 Å². The number of halogens is 2. The largest absolute Gasteiger partial charge is 0 e. The van der Waals surface area contributed by atoms with Gasteiger partial charge in [-0.25, -0.2) is 0 Å². The molecule has 0 aliphatic heterocycles. The molecule has 0 nitrogen and oxygen atoms in total. The van der Waals surface area contributed by atoms with Crippen molar-refractivity contribution in [2.45, 2.75) is 230 Å². The first-order valence-electron chi connectivity index (χ1n) is 24.2. The predicted molar refractivity (Wildman–Crippen MR) is 247 cm³/mol.